The van der Waals surface area contributed by atoms with Gasteiger partial charge in [0.15, 0.2) is 0 Å². The van der Waals surface area contributed by atoms with E-state index in [4.69, 9.17) is 15.2 Å². The number of nitrogens with one attached hydrogen (secondary N) is 1. The number of carboxylic acids is 1. The summed E-state index contributed by atoms with van der Waals surface area (Å²) in [5.41, 5.74) is 7.23. The van der Waals surface area contributed by atoms with E-state index in [1.807, 2.05) is 49.4 Å². The van der Waals surface area contributed by atoms with E-state index in [0.717, 1.165) is 11.1 Å². The van der Waals surface area contributed by atoms with Crippen LogP contribution in [0.3, 0.4) is 0 Å². The molecule has 3 amide bonds. The summed E-state index contributed by atoms with van der Waals surface area (Å²) in [6.45, 7) is 2.50. The van der Waals surface area contributed by atoms with Gasteiger partial charge in [-0.3, -0.25) is 14.4 Å². The van der Waals surface area contributed by atoms with Gasteiger partial charge in [-0.1, -0.05) is 42.5 Å². The summed E-state index contributed by atoms with van der Waals surface area (Å²) in [4.78, 5) is 53.6. The smallest absolute Gasteiger partial charge is 0.408 e. The maximum atomic E-state index is 13.8. The minimum absolute atomic E-state index is 0.0299. The second-order valence-corrected chi connectivity index (χ2v) is 9.17. The molecule has 2 atom stereocenters. The molecule has 1 aliphatic heterocycles. The van der Waals surface area contributed by atoms with E-state index in [2.05, 4.69) is 5.32 Å². The van der Waals surface area contributed by atoms with Crippen LogP contribution in [0, 0.1) is 0 Å². The zero-order valence-electron chi connectivity index (χ0n) is 22.1. The molecule has 0 aliphatic carbocycles. The highest BCUT2D eigenvalue weighted by Gasteiger charge is 2.40. The van der Waals surface area contributed by atoms with Crippen LogP contribution < -0.4 is 15.8 Å². The summed E-state index contributed by atoms with van der Waals surface area (Å²) in [5.74, 6) is -1.35. The lowest BCUT2D eigenvalue weighted by molar-refractivity contribution is -0.156. The van der Waals surface area contributed by atoms with E-state index in [1.165, 1.54) is 9.80 Å². The maximum absolute atomic E-state index is 13.8. The fourth-order valence-corrected chi connectivity index (χ4v) is 4.44. The molecule has 0 aromatic heterocycles. The molecule has 3 rings (SSSR count). The van der Waals surface area contributed by atoms with Gasteiger partial charge in [0.05, 0.1) is 6.61 Å². The first-order chi connectivity index (χ1) is 18.8. The number of carbonyl (C=O) groups excluding carboxylic acids is 3. The van der Waals surface area contributed by atoms with Crippen molar-refractivity contribution in [2.75, 3.05) is 32.8 Å². The predicted octanol–water partition coefficient (Wildman–Crippen LogP) is 1.79. The number of nitrogens with two attached hydrogens (primary N) is 1. The molecule has 0 unspecified atom stereocenters. The SMILES string of the molecule is CCOc1ccc(C[C@H](NC(=O)OCc2ccccc2)C(=O)N2CCN(CC(=O)O)C(=O)[C@@H]2CCCN)cc1. The Morgan fingerprint density at radius 2 is 1.79 bits per heavy atom. The summed E-state index contributed by atoms with van der Waals surface area (Å²) in [6, 6.07) is 14.4. The largest absolute Gasteiger partial charge is 0.494 e. The molecule has 11 nitrogen and oxygen atoms in total. The quantitative estimate of drug-likeness (QED) is 0.348. The lowest BCUT2D eigenvalue weighted by Gasteiger charge is -2.41. The third kappa shape index (κ3) is 8.71. The highest BCUT2D eigenvalue weighted by molar-refractivity contribution is 5.93. The van der Waals surface area contributed by atoms with Gasteiger partial charge in [-0.05, 0) is 49.6 Å². The van der Waals surface area contributed by atoms with Crippen LogP contribution in [0.4, 0.5) is 4.79 Å². The normalized spacial score (nSPS) is 15.9. The Hall–Kier alpha value is -4.12. The summed E-state index contributed by atoms with van der Waals surface area (Å²) in [7, 11) is 0. The van der Waals surface area contributed by atoms with Crippen LogP contribution >= 0.6 is 0 Å². The number of aliphatic carboxylic acids is 1. The van der Waals surface area contributed by atoms with Crippen molar-refractivity contribution < 1.29 is 33.8 Å². The van der Waals surface area contributed by atoms with Crippen molar-refractivity contribution in [3.63, 3.8) is 0 Å². The average molecular weight is 541 g/mol. The number of carboxylic acid groups (broad SMARTS) is 1. The van der Waals surface area contributed by atoms with Gasteiger partial charge in [-0.2, -0.15) is 0 Å². The van der Waals surface area contributed by atoms with E-state index in [0.29, 0.717) is 25.3 Å². The number of benzene rings is 2. The van der Waals surface area contributed by atoms with Crippen molar-refractivity contribution in [2.24, 2.45) is 5.73 Å². The number of piperazine rings is 1. The Morgan fingerprint density at radius 1 is 1.08 bits per heavy atom. The molecule has 2 aromatic carbocycles. The molecule has 1 fully saturated rings. The highest BCUT2D eigenvalue weighted by Crippen LogP contribution is 2.20. The number of alkyl carbamates (subject to hydrolysis) is 1. The van der Waals surface area contributed by atoms with Gasteiger partial charge in [-0.25, -0.2) is 4.79 Å². The number of hydrogen-bond donors (Lipinski definition) is 3. The number of carbonyl (C=O) groups is 4. The highest BCUT2D eigenvalue weighted by atomic mass is 16.5. The fourth-order valence-electron chi connectivity index (χ4n) is 4.44. The molecule has 0 radical (unpaired) electrons. The first-order valence-corrected chi connectivity index (χ1v) is 13.0. The zero-order valence-corrected chi connectivity index (χ0v) is 22.1. The van der Waals surface area contributed by atoms with Crippen molar-refractivity contribution in [1.82, 2.24) is 15.1 Å². The van der Waals surface area contributed by atoms with Crippen LogP contribution in [-0.4, -0.2) is 83.7 Å². The summed E-state index contributed by atoms with van der Waals surface area (Å²) < 4.78 is 10.8. The van der Waals surface area contributed by atoms with Gasteiger partial charge in [0, 0.05) is 19.5 Å². The number of ether oxygens (including phenoxy) is 2. The molecule has 1 aliphatic rings. The molecule has 39 heavy (non-hydrogen) atoms. The molecule has 0 spiro atoms. The van der Waals surface area contributed by atoms with E-state index < -0.39 is 42.5 Å². The number of nitrogens with zero attached hydrogens (tertiary/aromatic N) is 2. The maximum Gasteiger partial charge on any atom is 0.408 e. The van der Waals surface area contributed by atoms with Crippen molar-refractivity contribution in [3.8, 4) is 5.75 Å². The Labute approximate surface area is 227 Å². The fraction of sp³-hybridized carbons (Fsp3) is 0.429. The predicted molar refractivity (Wildman–Crippen MR) is 143 cm³/mol. The third-order valence-electron chi connectivity index (χ3n) is 6.35. The van der Waals surface area contributed by atoms with Crippen LogP contribution in [0.5, 0.6) is 5.75 Å². The topological polar surface area (TPSA) is 152 Å². The zero-order chi connectivity index (χ0) is 28.2. The Kier molecular flexibility index (Phi) is 11.1. The summed E-state index contributed by atoms with van der Waals surface area (Å²) >= 11 is 0. The Balaban J connectivity index is 1.80. The minimum Gasteiger partial charge on any atom is -0.494 e. The van der Waals surface area contributed by atoms with Gasteiger partial charge < -0.3 is 35.4 Å². The van der Waals surface area contributed by atoms with Crippen LogP contribution in [-0.2, 0) is 32.1 Å². The molecule has 4 N–H and O–H groups in total. The standard InChI is InChI=1S/C28H36N4O7/c1-2-38-22-12-10-20(11-13-22)17-23(30-28(37)39-19-21-7-4-3-5-8-21)26(35)32-16-15-31(18-25(33)34)27(36)24(32)9-6-14-29/h3-5,7-8,10-13,23-24H,2,6,9,14-19,29H2,1H3,(H,30,37)(H,33,34)/t23-,24-/m0/s1. The lowest BCUT2D eigenvalue weighted by Crippen LogP contribution is -2.63. The van der Waals surface area contributed by atoms with E-state index in [9.17, 15) is 24.3 Å². The molecular formula is C28H36N4O7. The molecular weight excluding hydrogens is 504 g/mol. The number of hydrogen-bond acceptors (Lipinski definition) is 7. The molecule has 1 heterocycles. The van der Waals surface area contributed by atoms with Crippen molar-refractivity contribution in [1.29, 1.82) is 0 Å². The molecule has 2 aromatic rings. The van der Waals surface area contributed by atoms with Crippen LogP contribution in [0.2, 0.25) is 0 Å². The van der Waals surface area contributed by atoms with Crippen LogP contribution in [0.15, 0.2) is 54.6 Å². The van der Waals surface area contributed by atoms with Gasteiger partial charge >= 0.3 is 12.1 Å². The summed E-state index contributed by atoms with van der Waals surface area (Å²) in [5, 5.41) is 11.9. The molecule has 11 heteroatoms. The first kappa shape index (κ1) is 29.4. The van der Waals surface area contributed by atoms with Crippen molar-refractivity contribution in [3.05, 3.63) is 65.7 Å². The monoisotopic (exact) mass is 540 g/mol. The summed E-state index contributed by atoms with van der Waals surface area (Å²) in [6.07, 6.45) is 0.138. The van der Waals surface area contributed by atoms with Crippen LogP contribution in [0.25, 0.3) is 0 Å². The lowest BCUT2D eigenvalue weighted by atomic mass is 10.00. The number of rotatable bonds is 13. The van der Waals surface area contributed by atoms with E-state index >= 15 is 0 Å². The molecule has 0 bridgehead atoms. The molecule has 1 saturated heterocycles. The first-order valence-electron chi connectivity index (χ1n) is 13.0. The molecule has 210 valence electrons. The third-order valence-corrected chi connectivity index (χ3v) is 6.35. The molecule has 0 saturated carbocycles. The van der Waals surface area contributed by atoms with Crippen molar-refractivity contribution >= 4 is 23.9 Å². The van der Waals surface area contributed by atoms with Gasteiger partial charge in [0.1, 0.15) is 31.0 Å². The average Bonchev–Trinajstić information content (AvgIpc) is 2.93. The second-order valence-electron chi connectivity index (χ2n) is 9.17. The van der Waals surface area contributed by atoms with E-state index in [-0.39, 0.29) is 32.5 Å². The van der Waals surface area contributed by atoms with Gasteiger partial charge in [0.2, 0.25) is 11.8 Å². The minimum atomic E-state index is -1.13. The van der Waals surface area contributed by atoms with Crippen LogP contribution in [0.1, 0.15) is 30.9 Å². The van der Waals surface area contributed by atoms with Gasteiger partial charge in [0.25, 0.3) is 0 Å². The van der Waals surface area contributed by atoms with E-state index in [1.54, 1.807) is 12.1 Å². The second kappa shape index (κ2) is 14.7. The Morgan fingerprint density at radius 3 is 2.44 bits per heavy atom. The number of amides is 3. The Bertz CT molecular complexity index is 1110. The van der Waals surface area contributed by atoms with Crippen molar-refractivity contribution in [2.45, 2.75) is 44.9 Å². The van der Waals surface area contributed by atoms with Gasteiger partial charge in [-0.15, -0.1) is 0 Å².